The molecule has 0 fully saturated rings. The highest BCUT2D eigenvalue weighted by molar-refractivity contribution is 7.91. The molecule has 3 aromatic rings. The van der Waals surface area contributed by atoms with Gasteiger partial charge in [-0.05, 0) is 17.7 Å². The summed E-state index contributed by atoms with van der Waals surface area (Å²) in [6.45, 7) is 0.179. The Morgan fingerprint density at radius 1 is 1.15 bits per heavy atom. The van der Waals surface area contributed by atoms with E-state index in [-0.39, 0.29) is 21.3 Å². The maximum absolute atomic E-state index is 12.7. The summed E-state index contributed by atoms with van der Waals surface area (Å²) in [7, 11) is -2.33. The van der Waals surface area contributed by atoms with Crippen LogP contribution in [-0.4, -0.2) is 24.9 Å². The Morgan fingerprint density at radius 3 is 2.46 bits per heavy atom. The zero-order valence-electron chi connectivity index (χ0n) is 13.4. The maximum Gasteiger partial charge on any atom is 0.452 e. The van der Waals surface area contributed by atoms with Crippen LogP contribution in [0, 0.1) is 0 Å². The molecular weight excluding hydrogens is 389 g/mol. The van der Waals surface area contributed by atoms with Crippen molar-refractivity contribution >= 4 is 21.4 Å². The summed E-state index contributed by atoms with van der Waals surface area (Å²) in [5.41, 5.74) is 0.760. The van der Waals surface area contributed by atoms with Gasteiger partial charge in [-0.2, -0.15) is 17.5 Å². The molecule has 0 aliphatic carbocycles. The van der Waals surface area contributed by atoms with E-state index in [1.807, 2.05) is 18.2 Å². The number of nitrogens with zero attached hydrogens (tertiary/aromatic N) is 2. The maximum atomic E-state index is 12.7. The number of benzene rings is 1. The predicted octanol–water partition coefficient (Wildman–Crippen LogP) is 4.24. The number of hydrogen-bond donors (Lipinski definition) is 0. The molecule has 0 spiro atoms. The van der Waals surface area contributed by atoms with Crippen molar-refractivity contribution in [1.82, 2.24) is 9.46 Å². The minimum atomic E-state index is -4.65. The van der Waals surface area contributed by atoms with Gasteiger partial charge in [-0.3, -0.25) is 0 Å². The fourth-order valence-corrected chi connectivity index (χ4v) is 4.83. The lowest BCUT2D eigenvalue weighted by atomic mass is 10.2. The minimum absolute atomic E-state index is 0.0162. The van der Waals surface area contributed by atoms with Crippen LogP contribution in [0.1, 0.15) is 11.3 Å². The van der Waals surface area contributed by atoms with Crippen LogP contribution in [0.15, 0.2) is 57.3 Å². The quantitative estimate of drug-likeness (QED) is 0.640. The number of hydrogen-bond acceptors (Lipinski definition) is 5. The Bertz CT molecular complexity index is 995. The van der Waals surface area contributed by atoms with Crippen molar-refractivity contribution in [2.45, 2.75) is 16.9 Å². The molecule has 0 bridgehead atoms. The Hall–Kier alpha value is -2.17. The molecule has 5 nitrogen and oxygen atoms in total. The van der Waals surface area contributed by atoms with Crippen molar-refractivity contribution in [3.05, 3.63) is 59.9 Å². The van der Waals surface area contributed by atoms with Gasteiger partial charge in [0.2, 0.25) is 5.76 Å². The van der Waals surface area contributed by atoms with Crippen LogP contribution in [-0.2, 0) is 22.7 Å². The molecule has 0 aliphatic heterocycles. The summed E-state index contributed by atoms with van der Waals surface area (Å²) < 4.78 is 68.6. The predicted molar refractivity (Wildman–Crippen MR) is 89.9 cm³/mol. The van der Waals surface area contributed by atoms with E-state index in [9.17, 15) is 21.6 Å². The molecule has 1 aromatic carbocycles. The van der Waals surface area contributed by atoms with Crippen LogP contribution in [0.2, 0.25) is 0 Å². The first-order chi connectivity index (χ1) is 12.2. The molecule has 0 atom stereocenters. The molecule has 3 rings (SSSR count). The molecule has 0 radical (unpaired) electrons. The monoisotopic (exact) mass is 402 g/mol. The fraction of sp³-hybridized carbons (Fsp3) is 0.188. The topological polar surface area (TPSA) is 63.4 Å². The second-order valence-corrected chi connectivity index (χ2v) is 8.80. The van der Waals surface area contributed by atoms with Gasteiger partial charge in [0.15, 0.2) is 0 Å². The highest BCUT2D eigenvalue weighted by Crippen LogP contribution is 2.36. The van der Waals surface area contributed by atoms with Crippen molar-refractivity contribution in [1.29, 1.82) is 0 Å². The zero-order chi connectivity index (χ0) is 18.9. The molecule has 2 heterocycles. The van der Waals surface area contributed by atoms with Crippen molar-refractivity contribution < 1.29 is 26.1 Å². The summed E-state index contributed by atoms with van der Waals surface area (Å²) in [5.74, 6) is -1.23. The molecular formula is C16H13F3N2O3S2. The van der Waals surface area contributed by atoms with Gasteiger partial charge >= 0.3 is 6.18 Å². The van der Waals surface area contributed by atoms with Gasteiger partial charge in [0.1, 0.15) is 9.90 Å². The average molecular weight is 402 g/mol. The number of halogens is 3. The number of rotatable bonds is 5. The van der Waals surface area contributed by atoms with Crippen LogP contribution in [0.25, 0.3) is 10.6 Å². The molecule has 0 saturated heterocycles. The lowest BCUT2D eigenvalue weighted by Crippen LogP contribution is -2.25. The van der Waals surface area contributed by atoms with E-state index in [1.54, 1.807) is 12.1 Å². The van der Waals surface area contributed by atoms with E-state index in [0.29, 0.717) is 0 Å². The molecule has 0 N–H and O–H groups in total. The van der Waals surface area contributed by atoms with Crippen LogP contribution < -0.4 is 0 Å². The minimum Gasteiger partial charge on any atom is -0.351 e. The van der Waals surface area contributed by atoms with Gasteiger partial charge in [0.05, 0.1) is 4.88 Å². The van der Waals surface area contributed by atoms with Gasteiger partial charge in [-0.25, -0.2) is 8.42 Å². The summed E-state index contributed by atoms with van der Waals surface area (Å²) >= 11 is 0.836. The molecule has 2 aromatic heterocycles. The lowest BCUT2D eigenvalue weighted by molar-refractivity contribution is -0.155. The van der Waals surface area contributed by atoms with Crippen molar-refractivity contribution in [2.75, 3.05) is 7.05 Å². The van der Waals surface area contributed by atoms with Gasteiger partial charge in [-0.15, -0.1) is 11.3 Å². The van der Waals surface area contributed by atoms with Crippen molar-refractivity contribution in [3.63, 3.8) is 0 Å². The van der Waals surface area contributed by atoms with Crippen LogP contribution in [0.3, 0.4) is 0 Å². The highest BCUT2D eigenvalue weighted by atomic mass is 32.2. The first-order valence-corrected chi connectivity index (χ1v) is 9.58. The molecule has 0 saturated carbocycles. The molecule has 0 aliphatic rings. The summed E-state index contributed by atoms with van der Waals surface area (Å²) in [5, 5.41) is 3.37. The first-order valence-electron chi connectivity index (χ1n) is 7.32. The van der Waals surface area contributed by atoms with E-state index in [1.165, 1.54) is 23.5 Å². The Kier molecular flexibility index (Phi) is 4.91. The van der Waals surface area contributed by atoms with Crippen LogP contribution in [0.5, 0.6) is 0 Å². The van der Waals surface area contributed by atoms with Crippen LogP contribution in [0.4, 0.5) is 13.2 Å². The SMILES string of the molecule is CN(Cc1ccccc1)S(=O)(=O)c1ccc(-c2cc(C(F)(F)F)on2)s1. The van der Waals surface area contributed by atoms with Crippen molar-refractivity contribution in [3.8, 4) is 10.6 Å². The molecule has 0 amide bonds. The number of sulfonamides is 1. The summed E-state index contributed by atoms with van der Waals surface area (Å²) in [6.07, 6.45) is -4.65. The first kappa shape index (κ1) is 18.6. The van der Waals surface area contributed by atoms with E-state index in [4.69, 9.17) is 0 Å². The lowest BCUT2D eigenvalue weighted by Gasteiger charge is -2.15. The summed E-state index contributed by atoms with van der Waals surface area (Å²) in [6, 6.07) is 12.6. The van der Waals surface area contributed by atoms with Gasteiger partial charge < -0.3 is 4.52 Å². The highest BCUT2D eigenvalue weighted by Gasteiger charge is 2.36. The molecule has 0 unspecified atom stereocenters. The number of alkyl halides is 3. The molecule has 10 heteroatoms. The van der Waals surface area contributed by atoms with Gasteiger partial charge in [0.25, 0.3) is 10.0 Å². The number of aromatic nitrogens is 1. The number of thiophene rings is 1. The standard InChI is InChI=1S/C16H13F3N2O3S2/c1-21(10-11-5-3-2-4-6-11)26(22,23)15-8-7-13(25-15)12-9-14(24-20-12)16(17,18)19/h2-9H,10H2,1H3. The second-order valence-electron chi connectivity index (χ2n) is 5.44. The molecule has 26 heavy (non-hydrogen) atoms. The largest absolute Gasteiger partial charge is 0.452 e. The van der Waals surface area contributed by atoms with E-state index >= 15 is 0 Å². The van der Waals surface area contributed by atoms with E-state index in [2.05, 4.69) is 9.68 Å². The zero-order valence-corrected chi connectivity index (χ0v) is 15.0. The third kappa shape index (κ3) is 3.81. The Balaban J connectivity index is 1.83. The van der Waals surface area contributed by atoms with Gasteiger partial charge in [0, 0.05) is 19.7 Å². The normalized spacial score (nSPS) is 12.7. The smallest absolute Gasteiger partial charge is 0.351 e. The van der Waals surface area contributed by atoms with E-state index in [0.717, 1.165) is 23.0 Å². The Morgan fingerprint density at radius 2 is 1.85 bits per heavy atom. The third-order valence-electron chi connectivity index (χ3n) is 3.54. The molecule has 138 valence electrons. The van der Waals surface area contributed by atoms with Crippen LogP contribution >= 0.6 is 11.3 Å². The third-order valence-corrected chi connectivity index (χ3v) is 6.91. The average Bonchev–Trinajstić information content (AvgIpc) is 3.24. The summed E-state index contributed by atoms with van der Waals surface area (Å²) in [4.78, 5) is 0.274. The second kappa shape index (κ2) is 6.86. The van der Waals surface area contributed by atoms with Crippen molar-refractivity contribution in [2.24, 2.45) is 0 Å². The van der Waals surface area contributed by atoms with Gasteiger partial charge in [-0.1, -0.05) is 35.5 Å². The van der Waals surface area contributed by atoms with E-state index < -0.39 is 22.0 Å². The Labute approximate surface area is 151 Å². The fourth-order valence-electron chi connectivity index (χ4n) is 2.20.